The van der Waals surface area contributed by atoms with Crippen LogP contribution < -0.4 is 16.0 Å². The molecule has 0 aliphatic heterocycles. The van der Waals surface area contributed by atoms with Crippen molar-refractivity contribution in [3.63, 3.8) is 0 Å². The van der Waals surface area contributed by atoms with Gasteiger partial charge in [0.05, 0.1) is 24.5 Å². The van der Waals surface area contributed by atoms with Gasteiger partial charge in [-0.1, -0.05) is 0 Å². The van der Waals surface area contributed by atoms with E-state index in [0.29, 0.717) is 12.5 Å². The topological polar surface area (TPSA) is 78.4 Å². The third-order valence-electron chi connectivity index (χ3n) is 3.43. The number of hydrogen-bond acceptors (Lipinski definition) is 4. The molecule has 0 spiro atoms. The van der Waals surface area contributed by atoms with E-state index in [9.17, 15) is 18.0 Å². The van der Waals surface area contributed by atoms with Crippen molar-refractivity contribution >= 4 is 52.9 Å². The maximum Gasteiger partial charge on any atom is 0.243 e. The Morgan fingerprint density at radius 2 is 1.89 bits per heavy atom. The zero-order valence-corrected chi connectivity index (χ0v) is 18.0. The lowest BCUT2D eigenvalue weighted by Gasteiger charge is -2.11. The van der Waals surface area contributed by atoms with Gasteiger partial charge in [-0.2, -0.15) is 0 Å². The van der Waals surface area contributed by atoms with Crippen LogP contribution in [-0.2, 0) is 11.3 Å². The standard InChI is InChI=1S/C16H18F3N5OS.HI/c1-8-9(2)26-13(23-8)7-22-16(20-3)21-6-12(25)24-11-5-4-10(17)14(18)15(11)19;/h4-5H,6-7H2,1-3H3,(H,24,25)(H2,20,21,22);1H. The number of thiazole rings is 1. The third-order valence-corrected chi connectivity index (χ3v) is 4.50. The second-order valence-corrected chi connectivity index (χ2v) is 6.59. The second kappa shape index (κ2) is 10.4. The molecule has 6 nitrogen and oxygen atoms in total. The number of aryl methyl sites for hydroxylation is 2. The maximum atomic E-state index is 13.5. The number of rotatable bonds is 5. The third kappa shape index (κ3) is 6.34. The van der Waals surface area contributed by atoms with Crippen molar-refractivity contribution in [1.29, 1.82) is 0 Å². The van der Waals surface area contributed by atoms with Crippen LogP contribution in [0.25, 0.3) is 0 Å². The molecule has 1 amide bonds. The molecule has 2 aromatic rings. The van der Waals surface area contributed by atoms with Crippen molar-refractivity contribution < 1.29 is 18.0 Å². The Bertz CT molecular complexity index is 824. The van der Waals surface area contributed by atoms with Crippen molar-refractivity contribution in [1.82, 2.24) is 15.6 Å². The Morgan fingerprint density at radius 3 is 2.48 bits per heavy atom. The molecule has 11 heteroatoms. The lowest BCUT2D eigenvalue weighted by Crippen LogP contribution is -2.41. The van der Waals surface area contributed by atoms with Crippen molar-refractivity contribution in [2.75, 3.05) is 18.9 Å². The summed E-state index contributed by atoms with van der Waals surface area (Å²) in [6.07, 6.45) is 0. The van der Waals surface area contributed by atoms with E-state index in [-0.39, 0.29) is 30.5 Å². The van der Waals surface area contributed by atoms with Gasteiger partial charge >= 0.3 is 0 Å². The monoisotopic (exact) mass is 513 g/mol. The second-order valence-electron chi connectivity index (χ2n) is 5.30. The number of anilines is 1. The Labute approximate surface area is 175 Å². The molecule has 0 bridgehead atoms. The number of nitrogens with zero attached hydrogens (tertiary/aromatic N) is 2. The summed E-state index contributed by atoms with van der Waals surface area (Å²) < 4.78 is 39.6. The Morgan fingerprint density at radius 1 is 1.19 bits per heavy atom. The zero-order valence-electron chi connectivity index (χ0n) is 14.8. The van der Waals surface area contributed by atoms with Gasteiger partial charge in [0.1, 0.15) is 5.01 Å². The number of halogens is 4. The normalized spacial score (nSPS) is 11.0. The van der Waals surface area contributed by atoms with Crippen LogP contribution in [-0.4, -0.2) is 30.4 Å². The van der Waals surface area contributed by atoms with E-state index in [4.69, 9.17) is 0 Å². The Balaban J connectivity index is 0.00000364. The lowest BCUT2D eigenvalue weighted by atomic mass is 10.2. The van der Waals surface area contributed by atoms with Crippen LogP contribution in [0.5, 0.6) is 0 Å². The molecule has 1 heterocycles. The first-order chi connectivity index (χ1) is 12.3. The van der Waals surface area contributed by atoms with Crippen molar-refractivity contribution in [2.45, 2.75) is 20.4 Å². The molecule has 0 atom stereocenters. The largest absolute Gasteiger partial charge is 0.350 e. The van der Waals surface area contributed by atoms with Gasteiger partial charge in [0.2, 0.25) is 5.91 Å². The van der Waals surface area contributed by atoms with Crippen LogP contribution in [0.4, 0.5) is 18.9 Å². The van der Waals surface area contributed by atoms with E-state index in [1.54, 1.807) is 11.3 Å². The molecule has 0 saturated carbocycles. The highest BCUT2D eigenvalue weighted by molar-refractivity contribution is 14.0. The van der Waals surface area contributed by atoms with Gasteiger partial charge in [-0.25, -0.2) is 18.2 Å². The Kier molecular flexibility index (Phi) is 8.96. The molecule has 0 aliphatic rings. The first-order valence-electron chi connectivity index (χ1n) is 7.62. The molecule has 2 rings (SSSR count). The Hall–Kier alpha value is -1.89. The van der Waals surface area contributed by atoms with Gasteiger partial charge in [-0.05, 0) is 26.0 Å². The fourth-order valence-corrected chi connectivity index (χ4v) is 2.85. The summed E-state index contributed by atoms with van der Waals surface area (Å²) in [5.74, 6) is -4.70. The van der Waals surface area contributed by atoms with Gasteiger partial charge in [0.15, 0.2) is 23.4 Å². The van der Waals surface area contributed by atoms with Crippen LogP contribution in [0.3, 0.4) is 0 Å². The van der Waals surface area contributed by atoms with Crippen LogP contribution in [0, 0.1) is 31.3 Å². The molecule has 0 fully saturated rings. The van der Waals surface area contributed by atoms with Gasteiger partial charge in [-0.3, -0.25) is 9.79 Å². The predicted octanol–water partition coefficient (Wildman–Crippen LogP) is 3.10. The first kappa shape index (κ1) is 23.1. The summed E-state index contributed by atoms with van der Waals surface area (Å²) >= 11 is 1.55. The van der Waals surface area contributed by atoms with Gasteiger partial charge < -0.3 is 16.0 Å². The highest BCUT2D eigenvalue weighted by Crippen LogP contribution is 2.19. The quantitative estimate of drug-likeness (QED) is 0.249. The summed E-state index contributed by atoms with van der Waals surface area (Å²) in [7, 11) is 1.53. The highest BCUT2D eigenvalue weighted by atomic mass is 127. The molecular weight excluding hydrogens is 494 g/mol. The number of carbonyl (C=O) groups is 1. The molecule has 0 aliphatic carbocycles. The van der Waals surface area contributed by atoms with E-state index in [2.05, 4.69) is 25.9 Å². The van der Waals surface area contributed by atoms with Gasteiger partial charge in [0.25, 0.3) is 0 Å². The summed E-state index contributed by atoms with van der Waals surface area (Å²) in [4.78, 5) is 21.3. The number of nitrogens with one attached hydrogen (secondary N) is 3. The first-order valence-corrected chi connectivity index (χ1v) is 8.44. The van der Waals surface area contributed by atoms with E-state index in [1.807, 2.05) is 13.8 Å². The number of carbonyl (C=O) groups excluding carboxylic acids is 1. The summed E-state index contributed by atoms with van der Waals surface area (Å²) in [5, 5.41) is 8.77. The fraction of sp³-hybridized carbons (Fsp3) is 0.312. The molecule has 0 radical (unpaired) electrons. The number of amides is 1. The predicted molar refractivity (Wildman–Crippen MR) is 110 cm³/mol. The fourth-order valence-electron chi connectivity index (χ4n) is 1.98. The molecule has 0 unspecified atom stereocenters. The average molecular weight is 513 g/mol. The molecule has 148 valence electrons. The SMILES string of the molecule is CN=C(NCC(=O)Nc1ccc(F)c(F)c1F)NCc1nc(C)c(C)s1.I. The number of aromatic nitrogens is 1. The van der Waals surface area contributed by atoms with Crippen LogP contribution in [0.2, 0.25) is 0 Å². The molecule has 27 heavy (non-hydrogen) atoms. The number of guanidine groups is 1. The summed E-state index contributed by atoms with van der Waals surface area (Å²) in [6, 6.07) is 1.69. The van der Waals surface area contributed by atoms with E-state index in [0.717, 1.165) is 27.7 Å². The van der Waals surface area contributed by atoms with Gasteiger partial charge in [0, 0.05) is 11.9 Å². The zero-order chi connectivity index (χ0) is 19.3. The summed E-state index contributed by atoms with van der Waals surface area (Å²) in [6.45, 7) is 4.09. The minimum Gasteiger partial charge on any atom is -0.350 e. The van der Waals surface area contributed by atoms with Crippen LogP contribution in [0.15, 0.2) is 17.1 Å². The lowest BCUT2D eigenvalue weighted by molar-refractivity contribution is -0.115. The van der Waals surface area contributed by atoms with E-state index in [1.165, 1.54) is 7.05 Å². The smallest absolute Gasteiger partial charge is 0.243 e. The summed E-state index contributed by atoms with van der Waals surface area (Å²) in [5.41, 5.74) is 0.523. The van der Waals surface area contributed by atoms with Crippen LogP contribution >= 0.6 is 35.3 Å². The van der Waals surface area contributed by atoms with E-state index < -0.39 is 29.0 Å². The average Bonchev–Trinajstić information content (AvgIpc) is 2.93. The highest BCUT2D eigenvalue weighted by Gasteiger charge is 2.15. The van der Waals surface area contributed by atoms with Crippen molar-refractivity contribution in [3.05, 3.63) is 45.2 Å². The minimum absolute atomic E-state index is 0. The number of benzene rings is 1. The molecular formula is C16H19F3IN5OS. The van der Waals surface area contributed by atoms with Gasteiger partial charge in [-0.15, -0.1) is 35.3 Å². The minimum atomic E-state index is -1.64. The van der Waals surface area contributed by atoms with Crippen LogP contribution in [0.1, 0.15) is 15.6 Å². The molecule has 1 aromatic heterocycles. The number of aliphatic imine (C=N–C) groups is 1. The van der Waals surface area contributed by atoms with E-state index >= 15 is 0 Å². The van der Waals surface area contributed by atoms with Crippen molar-refractivity contribution in [2.24, 2.45) is 4.99 Å². The number of hydrogen-bond donors (Lipinski definition) is 3. The molecule has 1 aromatic carbocycles. The molecule has 0 saturated heterocycles. The molecule has 3 N–H and O–H groups in total. The maximum absolute atomic E-state index is 13.5. The van der Waals surface area contributed by atoms with Crippen molar-refractivity contribution in [3.8, 4) is 0 Å².